The number of nitrogen functional groups attached to an aromatic ring is 5. The highest BCUT2D eigenvalue weighted by molar-refractivity contribution is 5.56. The Labute approximate surface area is 528 Å². The smallest absolute Gasteiger partial charge is 0.0373 e. The van der Waals surface area contributed by atoms with Crippen molar-refractivity contribution in [3.63, 3.8) is 0 Å². The average Bonchev–Trinajstić information content (AvgIpc) is 1.63. The van der Waals surface area contributed by atoms with Gasteiger partial charge in [-0.2, -0.15) is 0 Å². The second-order valence-electron chi connectivity index (χ2n) is 29.3. The zero-order valence-corrected chi connectivity index (χ0v) is 58.6. The number of rotatable bonds is 26. The van der Waals surface area contributed by atoms with Crippen molar-refractivity contribution in [2.75, 3.05) is 28.7 Å². The van der Waals surface area contributed by atoms with Crippen LogP contribution in [0.5, 0.6) is 0 Å². The molecule has 0 saturated carbocycles. The number of hydrogen-bond donors (Lipinski definition) is 10. The van der Waals surface area contributed by atoms with E-state index in [1.54, 1.807) is 0 Å². The summed E-state index contributed by atoms with van der Waals surface area (Å²) < 4.78 is 0. The molecule has 0 saturated heterocycles. The largest absolute Gasteiger partial charge is 0.399 e. The molecule has 0 aliphatic carbocycles. The van der Waals surface area contributed by atoms with E-state index in [9.17, 15) is 0 Å². The van der Waals surface area contributed by atoms with Gasteiger partial charge in [0.2, 0.25) is 0 Å². The van der Waals surface area contributed by atoms with Gasteiger partial charge in [-0.1, -0.05) is 174 Å². The third kappa shape index (κ3) is 29.7. The van der Waals surface area contributed by atoms with Crippen LogP contribution in [0.3, 0.4) is 0 Å². The summed E-state index contributed by atoms with van der Waals surface area (Å²) >= 11 is 0. The minimum Gasteiger partial charge on any atom is -0.399 e. The fourth-order valence-electron chi connectivity index (χ4n) is 11.0. The van der Waals surface area contributed by atoms with Crippen LogP contribution in [0.2, 0.25) is 0 Å². The van der Waals surface area contributed by atoms with Gasteiger partial charge in [0.05, 0.1) is 0 Å². The number of aryl methyl sites for hydroxylation is 5. The van der Waals surface area contributed by atoms with E-state index in [1.165, 1.54) is 94.2 Å². The van der Waals surface area contributed by atoms with Gasteiger partial charge in [0.25, 0.3) is 0 Å². The second kappa shape index (κ2) is 37.0. The molecule has 0 radical (unpaired) electrons. The van der Waals surface area contributed by atoms with Crippen molar-refractivity contribution in [1.82, 2.24) is 0 Å². The van der Waals surface area contributed by atoms with Crippen molar-refractivity contribution in [2.45, 2.75) is 298 Å². The molecular weight excluding hydrogens is 1050 g/mol. The lowest BCUT2D eigenvalue weighted by Gasteiger charge is -2.27. The quantitative estimate of drug-likeness (QED) is 0.0234. The molecule has 5 unspecified atom stereocenters. The molecule has 0 aromatic heterocycles. The van der Waals surface area contributed by atoms with Gasteiger partial charge in [-0.15, -0.1) is 0 Å². The summed E-state index contributed by atoms with van der Waals surface area (Å²) in [4.78, 5) is 0. The highest BCUT2D eigenvalue weighted by Crippen LogP contribution is 2.36. The van der Waals surface area contributed by atoms with Crippen LogP contribution < -0.4 is 57.3 Å². The highest BCUT2D eigenvalue weighted by atomic mass is 14.6. The molecular formula is C76H132N10. The zero-order chi connectivity index (χ0) is 66.0. The fourth-order valence-corrected chi connectivity index (χ4v) is 11.0. The molecule has 5 aromatic rings. The Morgan fingerprint density at radius 2 is 0.651 bits per heavy atom. The van der Waals surface area contributed by atoms with Gasteiger partial charge in [0.1, 0.15) is 0 Å². The van der Waals surface area contributed by atoms with E-state index in [-0.39, 0.29) is 27.1 Å². The summed E-state index contributed by atoms with van der Waals surface area (Å²) in [6.07, 6.45) is 18.1. The Hall–Kier alpha value is -5.10. The van der Waals surface area contributed by atoms with E-state index in [1.807, 2.05) is 30.3 Å². The normalized spacial score (nSPS) is 13.7. The lowest BCUT2D eigenvalue weighted by molar-refractivity contribution is 0.439. The van der Waals surface area contributed by atoms with E-state index >= 15 is 0 Å². The van der Waals surface area contributed by atoms with Crippen LogP contribution in [0.15, 0.2) is 91.0 Å². The maximum atomic E-state index is 6.08. The standard InChI is InChI=1S/2C16H28N2.2C15H26N2.C14H24N2/c1-11-9-14(10-12(2)15(11)18)16(4,5)8-6-7-13(3)17;1-5-13-11-14(8-9-15(13)18)16(3,4)10-6-7-12(2)17;1-11-10-13(7-8-14(11)17)15(3,4)9-5-6-12(2)16;1-11-7-8-14(17)13(10-11)15(3,4)9-5-6-12(2)16;1-11(15)5-4-10-14(2,3)12-6-8-13(16)9-7-12/h9-10,13H,6-8,17-18H2,1-5H3;8-9,11-12H,5-7,10,17-18H2,1-4H3;2*7-8,10,12H,5-6,9,16-17H2,1-4H3;6-9,11H,4-5,10,15-16H2,1-3H3. The van der Waals surface area contributed by atoms with Gasteiger partial charge in [-0.05, 0) is 240 Å². The van der Waals surface area contributed by atoms with Crippen LogP contribution in [0.25, 0.3) is 0 Å². The Balaban J connectivity index is 0.000000538. The predicted octanol–water partition coefficient (Wildman–Crippen LogP) is 17.1. The van der Waals surface area contributed by atoms with E-state index in [0.717, 1.165) is 92.6 Å². The SMILES string of the molecule is CC(N)CCCC(C)(C)c1ccc(N)cc1.CCc1cc(C(C)(C)CCCC(C)N)ccc1N.Cc1cc(C(C)(C)CCCC(C)N)cc(C)c1N.Cc1cc(C(C)(C)CCCC(C)N)ccc1N.Cc1ccc(N)c(C(C)(C)CCCC(C)N)c1. The molecule has 86 heavy (non-hydrogen) atoms. The Kier molecular flexibility index (Phi) is 34.0. The molecule has 0 aliphatic rings. The van der Waals surface area contributed by atoms with Crippen molar-refractivity contribution in [3.05, 3.63) is 147 Å². The van der Waals surface area contributed by atoms with Gasteiger partial charge >= 0.3 is 0 Å². The molecule has 0 amide bonds. The van der Waals surface area contributed by atoms with Crippen molar-refractivity contribution < 1.29 is 0 Å². The maximum absolute atomic E-state index is 6.08. The van der Waals surface area contributed by atoms with Crippen LogP contribution in [-0.4, -0.2) is 30.2 Å². The van der Waals surface area contributed by atoms with Gasteiger partial charge in [0.15, 0.2) is 0 Å². The summed E-state index contributed by atoms with van der Waals surface area (Å²) in [5.41, 5.74) is 76.8. The van der Waals surface area contributed by atoms with Crippen LogP contribution in [0.1, 0.15) is 263 Å². The third-order valence-corrected chi connectivity index (χ3v) is 17.7. The zero-order valence-electron chi connectivity index (χ0n) is 58.6. The van der Waals surface area contributed by atoms with Crippen molar-refractivity contribution in [1.29, 1.82) is 0 Å². The first kappa shape index (κ1) is 78.9. The maximum Gasteiger partial charge on any atom is 0.0373 e. The minimum absolute atomic E-state index is 0.130. The van der Waals surface area contributed by atoms with Crippen LogP contribution in [0.4, 0.5) is 28.4 Å². The molecule has 5 atom stereocenters. The molecule has 0 spiro atoms. The first-order chi connectivity index (χ1) is 39.7. The van der Waals surface area contributed by atoms with Gasteiger partial charge in [-0.3, -0.25) is 0 Å². The lowest BCUT2D eigenvalue weighted by Crippen LogP contribution is -2.21. The van der Waals surface area contributed by atoms with Crippen molar-refractivity contribution in [2.24, 2.45) is 28.7 Å². The van der Waals surface area contributed by atoms with Gasteiger partial charge in [0, 0.05) is 58.6 Å². The first-order valence-electron chi connectivity index (χ1n) is 32.8. The molecule has 0 heterocycles. The summed E-state index contributed by atoms with van der Waals surface area (Å²) in [6.45, 7) is 43.7. The summed E-state index contributed by atoms with van der Waals surface area (Å²) in [5.74, 6) is 0. The third-order valence-electron chi connectivity index (χ3n) is 17.7. The number of hydrogen-bond acceptors (Lipinski definition) is 10. The number of nitrogens with two attached hydrogens (primary N) is 10. The van der Waals surface area contributed by atoms with E-state index < -0.39 is 0 Å². The van der Waals surface area contributed by atoms with E-state index in [2.05, 4.69) is 199 Å². The Morgan fingerprint density at radius 3 is 1.02 bits per heavy atom. The predicted molar refractivity (Wildman–Crippen MR) is 385 cm³/mol. The Morgan fingerprint density at radius 1 is 0.337 bits per heavy atom. The van der Waals surface area contributed by atoms with E-state index in [4.69, 9.17) is 57.3 Å². The topological polar surface area (TPSA) is 260 Å². The summed E-state index contributed by atoms with van der Waals surface area (Å²) in [7, 11) is 0. The van der Waals surface area contributed by atoms with Crippen molar-refractivity contribution >= 4 is 28.4 Å². The molecule has 0 aliphatic heterocycles. The molecule has 0 bridgehead atoms. The summed E-state index contributed by atoms with van der Waals surface area (Å²) in [5, 5.41) is 0. The Bertz CT molecular complexity index is 2670. The fraction of sp³-hybridized carbons (Fsp3) is 0.605. The van der Waals surface area contributed by atoms with Crippen molar-refractivity contribution in [3.8, 4) is 0 Å². The van der Waals surface area contributed by atoms with Crippen LogP contribution in [-0.2, 0) is 33.5 Å². The first-order valence-corrected chi connectivity index (χ1v) is 32.8. The molecule has 10 nitrogen and oxygen atoms in total. The number of anilines is 5. The van der Waals surface area contributed by atoms with Gasteiger partial charge < -0.3 is 57.3 Å². The molecule has 0 fully saturated rings. The lowest BCUT2D eigenvalue weighted by atomic mass is 9.78. The second-order valence-corrected chi connectivity index (χ2v) is 29.3. The minimum atomic E-state index is 0.130. The number of benzene rings is 5. The monoisotopic (exact) mass is 1190 g/mol. The molecule has 486 valence electrons. The molecule has 5 rings (SSSR count). The molecule has 5 aromatic carbocycles. The van der Waals surface area contributed by atoms with Crippen LogP contribution in [0, 0.1) is 27.7 Å². The van der Waals surface area contributed by atoms with Crippen LogP contribution >= 0.6 is 0 Å². The average molecular weight is 1190 g/mol. The molecule has 20 N–H and O–H groups in total. The van der Waals surface area contributed by atoms with E-state index in [0.29, 0.717) is 30.2 Å². The molecule has 10 heteroatoms. The summed E-state index contributed by atoms with van der Waals surface area (Å²) in [6, 6.07) is 33.3. The van der Waals surface area contributed by atoms with Gasteiger partial charge in [-0.25, -0.2) is 0 Å². The highest BCUT2D eigenvalue weighted by Gasteiger charge is 2.26.